The molecule has 2 rings (SSSR count). The standard InChI is InChI=1S/C20H28F3N3O2/c1-14(19(28)26(3)15-9-5-4-6-10-15)25(2)13-18(27)24-17-12-8-7-11-16(17)20(21,22)23/h7-8,11-12,14-15H,4-6,9-10,13H2,1-3H3,(H,24,27)/p+1/t14-/m1/s1. The molecule has 0 heterocycles. The van der Waals surface area contributed by atoms with Crippen molar-refractivity contribution in [3.8, 4) is 0 Å². The van der Waals surface area contributed by atoms with Gasteiger partial charge in [0.1, 0.15) is 0 Å². The van der Waals surface area contributed by atoms with Gasteiger partial charge in [-0.2, -0.15) is 13.2 Å². The molecule has 156 valence electrons. The number of nitrogens with zero attached hydrogens (tertiary/aromatic N) is 1. The maximum absolute atomic E-state index is 13.1. The minimum atomic E-state index is -4.55. The van der Waals surface area contributed by atoms with Crippen LogP contribution in [0.4, 0.5) is 18.9 Å². The molecule has 2 amide bonds. The van der Waals surface area contributed by atoms with E-state index in [1.54, 1.807) is 25.9 Å². The second kappa shape index (κ2) is 9.41. The first-order valence-electron chi connectivity index (χ1n) is 9.66. The number of hydrogen-bond acceptors (Lipinski definition) is 2. The van der Waals surface area contributed by atoms with Gasteiger partial charge >= 0.3 is 6.18 Å². The van der Waals surface area contributed by atoms with Crippen LogP contribution in [-0.4, -0.2) is 49.4 Å². The Morgan fingerprint density at radius 2 is 1.82 bits per heavy atom. The van der Waals surface area contributed by atoms with Crippen LogP contribution >= 0.6 is 0 Å². The van der Waals surface area contributed by atoms with Gasteiger partial charge in [-0.3, -0.25) is 9.59 Å². The van der Waals surface area contributed by atoms with Crippen LogP contribution in [0.2, 0.25) is 0 Å². The Kier molecular flexibility index (Phi) is 7.46. The molecule has 1 aliphatic rings. The molecule has 28 heavy (non-hydrogen) atoms. The molecule has 5 nitrogen and oxygen atoms in total. The fourth-order valence-corrected chi connectivity index (χ4v) is 3.60. The third-order valence-corrected chi connectivity index (χ3v) is 5.53. The Hall–Kier alpha value is -2.09. The fraction of sp³-hybridized carbons (Fsp3) is 0.600. The first-order chi connectivity index (χ1) is 13.1. The van der Waals surface area contributed by atoms with Crippen LogP contribution in [0, 0.1) is 0 Å². The number of benzene rings is 1. The predicted molar refractivity (Wildman–Crippen MR) is 101 cm³/mol. The number of halogens is 3. The van der Waals surface area contributed by atoms with E-state index in [-0.39, 0.29) is 24.2 Å². The minimum Gasteiger partial charge on any atom is -0.338 e. The topological polar surface area (TPSA) is 53.9 Å². The molecule has 0 bridgehead atoms. The minimum absolute atomic E-state index is 0.0482. The summed E-state index contributed by atoms with van der Waals surface area (Å²) in [6, 6.07) is 4.63. The Balaban J connectivity index is 1.95. The summed E-state index contributed by atoms with van der Waals surface area (Å²) in [7, 11) is 3.49. The monoisotopic (exact) mass is 400 g/mol. The number of carbonyl (C=O) groups is 2. The number of amides is 2. The molecule has 0 aliphatic heterocycles. The normalized spacial score (nSPS) is 17.6. The maximum Gasteiger partial charge on any atom is 0.418 e. The Morgan fingerprint density at radius 1 is 1.21 bits per heavy atom. The van der Waals surface area contributed by atoms with Crippen LogP contribution < -0.4 is 10.2 Å². The highest BCUT2D eigenvalue weighted by Gasteiger charge is 2.34. The van der Waals surface area contributed by atoms with E-state index >= 15 is 0 Å². The molecular formula is C20H29F3N3O2+. The number of carbonyl (C=O) groups excluding carboxylic acids is 2. The molecule has 0 spiro atoms. The van der Waals surface area contributed by atoms with Gasteiger partial charge in [-0.1, -0.05) is 31.4 Å². The molecule has 0 radical (unpaired) electrons. The lowest BCUT2D eigenvalue weighted by molar-refractivity contribution is -0.886. The highest BCUT2D eigenvalue weighted by atomic mass is 19.4. The predicted octanol–water partition coefficient (Wildman–Crippen LogP) is 2.34. The van der Waals surface area contributed by atoms with E-state index in [0.29, 0.717) is 4.90 Å². The summed E-state index contributed by atoms with van der Waals surface area (Å²) >= 11 is 0. The molecule has 2 N–H and O–H groups in total. The second-order valence-corrected chi connectivity index (χ2v) is 7.58. The van der Waals surface area contributed by atoms with Gasteiger partial charge in [-0.15, -0.1) is 0 Å². The van der Waals surface area contributed by atoms with Gasteiger partial charge in [0.25, 0.3) is 11.8 Å². The van der Waals surface area contributed by atoms with Gasteiger partial charge < -0.3 is 15.1 Å². The van der Waals surface area contributed by atoms with Crippen molar-refractivity contribution in [1.82, 2.24) is 4.90 Å². The lowest BCUT2D eigenvalue weighted by Gasteiger charge is -2.33. The van der Waals surface area contributed by atoms with Gasteiger partial charge in [-0.25, -0.2) is 0 Å². The number of likely N-dealkylation sites (N-methyl/N-ethyl adjacent to an activating group) is 2. The van der Waals surface area contributed by atoms with Gasteiger partial charge in [0, 0.05) is 13.1 Å². The van der Waals surface area contributed by atoms with Crippen LogP contribution in [-0.2, 0) is 15.8 Å². The number of anilines is 1. The Morgan fingerprint density at radius 3 is 2.43 bits per heavy atom. The highest BCUT2D eigenvalue weighted by molar-refractivity contribution is 5.92. The van der Waals surface area contributed by atoms with Crippen molar-refractivity contribution in [1.29, 1.82) is 0 Å². The fourth-order valence-electron chi connectivity index (χ4n) is 3.60. The molecule has 8 heteroatoms. The largest absolute Gasteiger partial charge is 0.418 e. The van der Waals surface area contributed by atoms with Crippen molar-refractivity contribution in [2.45, 2.75) is 57.3 Å². The van der Waals surface area contributed by atoms with E-state index in [1.807, 2.05) is 0 Å². The number of para-hydroxylation sites is 1. The third kappa shape index (κ3) is 5.70. The van der Waals surface area contributed by atoms with E-state index in [1.165, 1.54) is 24.6 Å². The number of hydrogen-bond donors (Lipinski definition) is 2. The van der Waals surface area contributed by atoms with Crippen molar-refractivity contribution in [3.05, 3.63) is 29.8 Å². The summed E-state index contributed by atoms with van der Waals surface area (Å²) in [5.41, 5.74) is -1.16. The van der Waals surface area contributed by atoms with Crippen LogP contribution in [0.3, 0.4) is 0 Å². The molecule has 1 saturated carbocycles. The average Bonchev–Trinajstić information content (AvgIpc) is 2.66. The van der Waals surface area contributed by atoms with Crippen molar-refractivity contribution < 1.29 is 27.7 Å². The Labute approximate surface area is 163 Å². The molecular weight excluding hydrogens is 371 g/mol. The molecule has 0 aromatic heterocycles. The number of nitrogens with one attached hydrogen (secondary N) is 2. The summed E-state index contributed by atoms with van der Waals surface area (Å²) in [5.74, 6) is -0.609. The first kappa shape index (κ1) is 22.2. The van der Waals surface area contributed by atoms with Crippen molar-refractivity contribution in [2.75, 3.05) is 26.0 Å². The van der Waals surface area contributed by atoms with E-state index in [0.717, 1.165) is 31.7 Å². The van der Waals surface area contributed by atoms with Crippen LogP contribution in [0.25, 0.3) is 0 Å². The van der Waals surface area contributed by atoms with Crippen molar-refractivity contribution >= 4 is 17.5 Å². The third-order valence-electron chi connectivity index (χ3n) is 5.53. The van der Waals surface area contributed by atoms with Crippen molar-refractivity contribution in [2.24, 2.45) is 0 Å². The van der Waals surface area contributed by atoms with Gasteiger partial charge in [0.05, 0.1) is 18.3 Å². The van der Waals surface area contributed by atoms with Crippen molar-refractivity contribution in [3.63, 3.8) is 0 Å². The van der Waals surface area contributed by atoms with Gasteiger partial charge in [0.2, 0.25) is 0 Å². The number of quaternary nitrogens is 1. The average molecular weight is 400 g/mol. The lowest BCUT2D eigenvalue weighted by atomic mass is 9.94. The van der Waals surface area contributed by atoms with Gasteiger partial charge in [-0.05, 0) is 31.9 Å². The van der Waals surface area contributed by atoms with Crippen LogP contribution in [0.5, 0.6) is 0 Å². The highest BCUT2D eigenvalue weighted by Crippen LogP contribution is 2.34. The first-order valence-corrected chi connectivity index (χ1v) is 9.66. The van der Waals surface area contributed by atoms with Crippen LogP contribution in [0.15, 0.2) is 24.3 Å². The number of rotatable bonds is 6. The summed E-state index contributed by atoms with van der Waals surface area (Å²) in [6.45, 7) is 1.64. The summed E-state index contributed by atoms with van der Waals surface area (Å²) in [5, 5.41) is 2.33. The molecule has 1 aromatic rings. The van der Waals surface area contributed by atoms with E-state index in [4.69, 9.17) is 0 Å². The summed E-state index contributed by atoms with van der Waals surface area (Å²) in [4.78, 5) is 27.4. The maximum atomic E-state index is 13.1. The summed E-state index contributed by atoms with van der Waals surface area (Å²) < 4.78 is 39.2. The SMILES string of the molecule is C[C@H](C(=O)N(C)C1CCCCC1)[NH+](C)CC(=O)Nc1ccccc1C(F)(F)F. The zero-order valence-electron chi connectivity index (χ0n) is 16.6. The second-order valence-electron chi connectivity index (χ2n) is 7.58. The smallest absolute Gasteiger partial charge is 0.338 e. The zero-order chi connectivity index (χ0) is 20.9. The summed E-state index contributed by atoms with van der Waals surface area (Å²) in [6.07, 6.45) is 0.847. The molecule has 1 aromatic carbocycles. The molecule has 0 saturated heterocycles. The van der Waals surface area contributed by atoms with E-state index < -0.39 is 23.7 Å². The molecule has 1 aliphatic carbocycles. The lowest BCUT2D eigenvalue weighted by Crippen LogP contribution is -3.15. The molecule has 1 fully saturated rings. The Bertz CT molecular complexity index is 688. The van der Waals surface area contributed by atoms with E-state index in [2.05, 4.69) is 5.32 Å². The van der Waals surface area contributed by atoms with Gasteiger partial charge in [0.15, 0.2) is 12.6 Å². The van der Waals surface area contributed by atoms with E-state index in [9.17, 15) is 22.8 Å². The molecule has 1 unspecified atom stereocenters. The quantitative estimate of drug-likeness (QED) is 0.770. The number of alkyl halides is 3. The molecule has 2 atom stereocenters. The van der Waals surface area contributed by atoms with Crippen LogP contribution in [0.1, 0.15) is 44.6 Å². The zero-order valence-corrected chi connectivity index (χ0v) is 16.6.